The highest BCUT2D eigenvalue weighted by atomic mass is 16.5. The predicted molar refractivity (Wildman–Crippen MR) is 86.3 cm³/mol. The molecule has 1 N–H and O–H groups in total. The third kappa shape index (κ3) is 2.59. The van der Waals surface area contributed by atoms with Gasteiger partial charge in [0.25, 0.3) is 0 Å². The minimum atomic E-state index is 0.582. The zero-order valence-electron chi connectivity index (χ0n) is 12.9. The number of hydrogen-bond acceptors (Lipinski definition) is 4. The van der Waals surface area contributed by atoms with Crippen molar-refractivity contribution >= 4 is 0 Å². The first-order valence-corrected chi connectivity index (χ1v) is 8.10. The number of ether oxygens (including phenoxy) is 1. The number of methoxy groups -OCH3 is 1. The zero-order chi connectivity index (χ0) is 14.9. The number of benzene rings is 1. The van der Waals surface area contributed by atoms with Gasteiger partial charge in [0.1, 0.15) is 11.6 Å². The van der Waals surface area contributed by atoms with Crippen LogP contribution in [0.4, 0.5) is 0 Å². The Kier molecular flexibility index (Phi) is 3.54. The molecule has 22 heavy (non-hydrogen) atoms. The topological polar surface area (TPSA) is 47.0 Å². The Morgan fingerprint density at radius 1 is 1.05 bits per heavy atom. The van der Waals surface area contributed by atoms with E-state index in [1.165, 1.54) is 29.7 Å². The fourth-order valence-electron chi connectivity index (χ4n) is 3.08. The van der Waals surface area contributed by atoms with Crippen molar-refractivity contribution in [3.63, 3.8) is 0 Å². The van der Waals surface area contributed by atoms with Crippen molar-refractivity contribution in [2.24, 2.45) is 0 Å². The second kappa shape index (κ2) is 5.69. The average Bonchev–Trinajstić information content (AvgIpc) is 3.40. The van der Waals surface area contributed by atoms with E-state index in [1.54, 1.807) is 7.11 Å². The number of aromatic nitrogens is 2. The predicted octanol–water partition coefficient (Wildman–Crippen LogP) is 2.72. The van der Waals surface area contributed by atoms with Gasteiger partial charge in [0.05, 0.1) is 12.8 Å². The second-order valence-corrected chi connectivity index (χ2v) is 6.11. The summed E-state index contributed by atoms with van der Waals surface area (Å²) in [4.78, 5) is 9.82. The van der Waals surface area contributed by atoms with Crippen molar-refractivity contribution in [3.05, 3.63) is 41.3 Å². The summed E-state index contributed by atoms with van der Waals surface area (Å²) in [6, 6.07) is 8.23. The molecule has 114 valence electrons. The molecule has 1 aromatic carbocycles. The molecular formula is C18H21N3O. The lowest BCUT2D eigenvalue weighted by molar-refractivity contribution is 0.415. The highest BCUT2D eigenvalue weighted by Crippen LogP contribution is 2.39. The molecule has 0 unspecified atom stereocenters. The summed E-state index contributed by atoms with van der Waals surface area (Å²) in [6.45, 7) is 2.01. The molecule has 1 saturated carbocycles. The maximum Gasteiger partial charge on any atom is 0.132 e. The molecule has 4 nitrogen and oxygen atoms in total. The van der Waals surface area contributed by atoms with Gasteiger partial charge < -0.3 is 10.1 Å². The molecule has 4 rings (SSSR count). The number of rotatable bonds is 3. The lowest BCUT2D eigenvalue weighted by Gasteiger charge is -2.13. The minimum Gasteiger partial charge on any atom is -0.497 e. The van der Waals surface area contributed by atoms with Gasteiger partial charge >= 0.3 is 0 Å². The van der Waals surface area contributed by atoms with Crippen LogP contribution in [0.3, 0.4) is 0 Å². The summed E-state index contributed by atoms with van der Waals surface area (Å²) in [6.07, 6.45) is 4.47. The largest absolute Gasteiger partial charge is 0.497 e. The molecule has 0 bridgehead atoms. The Hall–Kier alpha value is -1.94. The van der Waals surface area contributed by atoms with Crippen LogP contribution < -0.4 is 10.1 Å². The molecule has 1 aliphatic carbocycles. The second-order valence-electron chi connectivity index (χ2n) is 6.11. The first-order chi connectivity index (χ1) is 10.8. The standard InChI is InChI=1S/C18H21N3O/c1-22-14-6-4-12(5-7-14)17-15-8-10-19-11-9-16(15)20-18(21-17)13-2-3-13/h4-7,13,19H,2-3,8-11H2,1H3. The summed E-state index contributed by atoms with van der Waals surface area (Å²) in [5.41, 5.74) is 4.86. The first kappa shape index (κ1) is 13.7. The van der Waals surface area contributed by atoms with Gasteiger partial charge in [0.15, 0.2) is 0 Å². The van der Waals surface area contributed by atoms with Crippen LogP contribution in [0.15, 0.2) is 24.3 Å². The van der Waals surface area contributed by atoms with Crippen LogP contribution in [0.1, 0.15) is 35.8 Å². The molecule has 0 saturated heterocycles. The van der Waals surface area contributed by atoms with E-state index in [0.29, 0.717) is 5.92 Å². The number of nitrogens with zero attached hydrogens (tertiary/aromatic N) is 2. The molecule has 2 aliphatic rings. The third-order valence-corrected chi connectivity index (χ3v) is 4.51. The minimum absolute atomic E-state index is 0.582. The molecule has 0 radical (unpaired) electrons. The van der Waals surface area contributed by atoms with Crippen LogP contribution in [0.25, 0.3) is 11.3 Å². The van der Waals surface area contributed by atoms with Crippen molar-refractivity contribution in [1.29, 1.82) is 0 Å². The van der Waals surface area contributed by atoms with E-state index < -0.39 is 0 Å². The van der Waals surface area contributed by atoms with Gasteiger partial charge in [-0.1, -0.05) is 0 Å². The van der Waals surface area contributed by atoms with E-state index in [0.717, 1.165) is 43.2 Å². The Bertz CT molecular complexity index is 677. The summed E-state index contributed by atoms with van der Waals surface area (Å²) in [5.74, 6) is 2.51. The van der Waals surface area contributed by atoms with Crippen molar-refractivity contribution in [2.45, 2.75) is 31.6 Å². The van der Waals surface area contributed by atoms with Gasteiger partial charge in [-0.2, -0.15) is 0 Å². The molecule has 0 atom stereocenters. The molecule has 0 spiro atoms. The van der Waals surface area contributed by atoms with E-state index in [9.17, 15) is 0 Å². The van der Waals surface area contributed by atoms with Crippen molar-refractivity contribution in [2.75, 3.05) is 20.2 Å². The molecule has 1 fully saturated rings. The monoisotopic (exact) mass is 295 g/mol. The highest BCUT2D eigenvalue weighted by molar-refractivity contribution is 5.65. The van der Waals surface area contributed by atoms with Gasteiger partial charge in [-0.3, -0.25) is 0 Å². The maximum absolute atomic E-state index is 5.27. The molecular weight excluding hydrogens is 274 g/mol. The SMILES string of the molecule is COc1ccc(-c2nc(C3CC3)nc3c2CCNCC3)cc1. The summed E-state index contributed by atoms with van der Waals surface area (Å²) in [5, 5.41) is 3.47. The van der Waals surface area contributed by atoms with Gasteiger partial charge in [-0.25, -0.2) is 9.97 Å². The molecule has 2 aromatic rings. The Morgan fingerprint density at radius 2 is 1.82 bits per heavy atom. The van der Waals surface area contributed by atoms with Crippen LogP contribution in [-0.2, 0) is 12.8 Å². The van der Waals surface area contributed by atoms with Crippen LogP contribution in [0.2, 0.25) is 0 Å². The van der Waals surface area contributed by atoms with Crippen LogP contribution in [0, 0.1) is 0 Å². The Labute approximate surface area is 130 Å². The summed E-state index contributed by atoms with van der Waals surface area (Å²) < 4.78 is 5.27. The number of nitrogens with one attached hydrogen (secondary N) is 1. The van der Waals surface area contributed by atoms with Crippen LogP contribution in [0.5, 0.6) is 5.75 Å². The smallest absolute Gasteiger partial charge is 0.132 e. The lowest BCUT2D eigenvalue weighted by atomic mass is 10.0. The van der Waals surface area contributed by atoms with E-state index in [4.69, 9.17) is 14.7 Å². The van der Waals surface area contributed by atoms with E-state index in [2.05, 4.69) is 17.4 Å². The Balaban J connectivity index is 1.82. The third-order valence-electron chi connectivity index (χ3n) is 4.51. The number of hydrogen-bond donors (Lipinski definition) is 1. The van der Waals surface area contributed by atoms with Crippen LogP contribution >= 0.6 is 0 Å². The van der Waals surface area contributed by atoms with Gasteiger partial charge in [0, 0.05) is 35.7 Å². The van der Waals surface area contributed by atoms with E-state index in [-0.39, 0.29) is 0 Å². The van der Waals surface area contributed by atoms with E-state index in [1.807, 2.05) is 12.1 Å². The maximum atomic E-state index is 5.27. The quantitative estimate of drug-likeness (QED) is 0.946. The fourth-order valence-corrected chi connectivity index (χ4v) is 3.08. The van der Waals surface area contributed by atoms with Crippen molar-refractivity contribution in [1.82, 2.24) is 15.3 Å². The normalized spacial score (nSPS) is 17.7. The van der Waals surface area contributed by atoms with Crippen LogP contribution in [-0.4, -0.2) is 30.2 Å². The highest BCUT2D eigenvalue weighted by Gasteiger charge is 2.29. The lowest BCUT2D eigenvalue weighted by Crippen LogP contribution is -2.16. The first-order valence-electron chi connectivity index (χ1n) is 8.10. The summed E-state index contributed by atoms with van der Waals surface area (Å²) >= 11 is 0. The zero-order valence-corrected chi connectivity index (χ0v) is 12.9. The molecule has 2 heterocycles. The average molecular weight is 295 g/mol. The van der Waals surface area contributed by atoms with Crippen molar-refractivity contribution < 1.29 is 4.74 Å². The molecule has 1 aromatic heterocycles. The molecule has 1 aliphatic heterocycles. The van der Waals surface area contributed by atoms with Gasteiger partial charge in [0.2, 0.25) is 0 Å². The fraction of sp³-hybridized carbons (Fsp3) is 0.444. The number of fused-ring (bicyclic) bond motifs is 1. The van der Waals surface area contributed by atoms with E-state index >= 15 is 0 Å². The van der Waals surface area contributed by atoms with Crippen molar-refractivity contribution in [3.8, 4) is 17.0 Å². The molecule has 0 amide bonds. The summed E-state index contributed by atoms with van der Waals surface area (Å²) in [7, 11) is 1.70. The Morgan fingerprint density at radius 3 is 2.55 bits per heavy atom. The van der Waals surface area contributed by atoms with Gasteiger partial charge in [-0.15, -0.1) is 0 Å². The van der Waals surface area contributed by atoms with Gasteiger partial charge in [-0.05, 0) is 50.1 Å². The molecule has 4 heteroatoms.